The Labute approximate surface area is 185 Å². The van der Waals surface area contributed by atoms with Gasteiger partial charge in [-0.2, -0.15) is 0 Å². The van der Waals surface area contributed by atoms with Crippen LogP contribution in [0.5, 0.6) is 0 Å². The zero-order chi connectivity index (χ0) is 22.7. The number of rotatable bonds is 8. The quantitative estimate of drug-likeness (QED) is 0.387. The fraction of sp³-hybridized carbons (Fsp3) is 0.182. The van der Waals surface area contributed by atoms with Gasteiger partial charge in [-0.15, -0.1) is 0 Å². The number of furan rings is 1. The molecule has 0 unspecified atom stereocenters. The van der Waals surface area contributed by atoms with Crippen molar-refractivity contribution < 1.29 is 22.4 Å². The predicted octanol–water partition coefficient (Wildman–Crippen LogP) is 3.04. The number of amides is 2. The highest BCUT2D eigenvalue weighted by Crippen LogP contribution is 2.23. The molecule has 10 heteroatoms. The molecule has 166 valence electrons. The van der Waals surface area contributed by atoms with Crippen LogP contribution < -0.4 is 20.9 Å². The van der Waals surface area contributed by atoms with Crippen LogP contribution in [0.1, 0.15) is 39.3 Å². The van der Waals surface area contributed by atoms with E-state index in [1.165, 1.54) is 18.4 Å². The van der Waals surface area contributed by atoms with Gasteiger partial charge in [0, 0.05) is 17.3 Å². The Balaban J connectivity index is 1.38. The minimum Gasteiger partial charge on any atom is -0.459 e. The van der Waals surface area contributed by atoms with E-state index >= 15 is 0 Å². The average molecular weight is 455 g/mol. The Morgan fingerprint density at radius 3 is 2.41 bits per heavy atom. The Morgan fingerprint density at radius 1 is 1.00 bits per heavy atom. The zero-order valence-electron chi connectivity index (χ0n) is 17.2. The van der Waals surface area contributed by atoms with Crippen molar-refractivity contribution in [2.75, 3.05) is 10.7 Å². The summed E-state index contributed by atoms with van der Waals surface area (Å²) in [5.41, 5.74) is 7.42. The molecule has 9 nitrogen and oxygen atoms in total. The topological polar surface area (TPSA) is 130 Å². The number of aryl methyl sites for hydroxylation is 1. The number of nitrogens with one attached hydrogen (secondary N) is 4. The maximum Gasteiger partial charge on any atom is 0.291 e. The van der Waals surface area contributed by atoms with Crippen LogP contribution >= 0.6 is 0 Å². The molecule has 0 aliphatic heterocycles. The van der Waals surface area contributed by atoms with E-state index in [4.69, 9.17) is 4.42 Å². The maximum atomic E-state index is 12.5. The molecule has 1 aromatic heterocycles. The normalized spacial score (nSPS) is 13.4. The molecular formula is C22H22N4O5S. The molecule has 0 radical (unpaired) electrons. The van der Waals surface area contributed by atoms with Gasteiger partial charge in [0.05, 0.1) is 16.8 Å². The summed E-state index contributed by atoms with van der Waals surface area (Å²) >= 11 is 0. The summed E-state index contributed by atoms with van der Waals surface area (Å²) in [7, 11) is -3.53. The van der Waals surface area contributed by atoms with E-state index in [1.54, 1.807) is 42.5 Å². The van der Waals surface area contributed by atoms with Gasteiger partial charge in [-0.3, -0.25) is 20.4 Å². The van der Waals surface area contributed by atoms with E-state index in [2.05, 4.69) is 20.9 Å². The molecule has 3 aromatic rings. The van der Waals surface area contributed by atoms with Crippen molar-refractivity contribution >= 4 is 33.2 Å². The van der Waals surface area contributed by atoms with Crippen molar-refractivity contribution in [2.24, 2.45) is 0 Å². The van der Waals surface area contributed by atoms with Gasteiger partial charge < -0.3 is 9.73 Å². The summed E-state index contributed by atoms with van der Waals surface area (Å²) in [5, 5.41) is 2.72. The Bertz CT molecular complexity index is 1230. The number of carbonyl (C=O) groups is 2. The van der Waals surface area contributed by atoms with Crippen LogP contribution in [-0.4, -0.2) is 26.3 Å². The number of anilines is 2. The van der Waals surface area contributed by atoms with Crippen molar-refractivity contribution in [2.45, 2.75) is 30.7 Å². The van der Waals surface area contributed by atoms with Gasteiger partial charge >= 0.3 is 0 Å². The summed E-state index contributed by atoms with van der Waals surface area (Å²) in [6.07, 6.45) is 3.12. The van der Waals surface area contributed by atoms with Crippen LogP contribution in [0.3, 0.4) is 0 Å². The Morgan fingerprint density at radius 2 is 1.75 bits per heavy atom. The highest BCUT2D eigenvalue weighted by Gasteiger charge is 2.27. The highest BCUT2D eigenvalue weighted by atomic mass is 32.2. The van der Waals surface area contributed by atoms with Crippen LogP contribution in [0.15, 0.2) is 70.2 Å². The SMILES string of the molecule is Cc1ccc(C(=O)NNc2ccc(S(=O)(=O)NC3CC3)cc2)cc1NC(=O)c1ccco1. The van der Waals surface area contributed by atoms with Crippen LogP contribution in [0.2, 0.25) is 0 Å². The predicted molar refractivity (Wildman–Crippen MR) is 119 cm³/mol. The van der Waals surface area contributed by atoms with Crippen molar-refractivity contribution in [1.29, 1.82) is 0 Å². The fourth-order valence-electron chi connectivity index (χ4n) is 2.90. The molecule has 0 saturated heterocycles. The van der Waals surface area contributed by atoms with Crippen LogP contribution in [0.25, 0.3) is 0 Å². The van der Waals surface area contributed by atoms with E-state index in [9.17, 15) is 18.0 Å². The van der Waals surface area contributed by atoms with E-state index in [0.29, 0.717) is 16.9 Å². The molecule has 2 aromatic carbocycles. The first kappa shape index (κ1) is 21.6. The maximum absolute atomic E-state index is 12.5. The van der Waals surface area contributed by atoms with Crippen LogP contribution in [0, 0.1) is 6.92 Å². The molecule has 0 bridgehead atoms. The average Bonchev–Trinajstić information content (AvgIpc) is 3.39. The smallest absolute Gasteiger partial charge is 0.291 e. The minimum atomic E-state index is -3.53. The van der Waals surface area contributed by atoms with Crippen molar-refractivity contribution in [1.82, 2.24) is 10.1 Å². The van der Waals surface area contributed by atoms with E-state index < -0.39 is 21.8 Å². The second-order valence-electron chi connectivity index (χ2n) is 7.46. The van der Waals surface area contributed by atoms with E-state index in [-0.39, 0.29) is 16.7 Å². The van der Waals surface area contributed by atoms with Crippen molar-refractivity contribution in [3.63, 3.8) is 0 Å². The lowest BCUT2D eigenvalue weighted by Gasteiger charge is -2.12. The first-order valence-corrected chi connectivity index (χ1v) is 11.4. The number of benzene rings is 2. The first-order valence-electron chi connectivity index (χ1n) is 9.96. The lowest BCUT2D eigenvalue weighted by atomic mass is 10.1. The van der Waals surface area contributed by atoms with Gasteiger partial charge in [-0.25, -0.2) is 13.1 Å². The largest absolute Gasteiger partial charge is 0.459 e. The Hall–Kier alpha value is -3.63. The van der Waals surface area contributed by atoms with Gasteiger partial charge in [0.25, 0.3) is 11.8 Å². The van der Waals surface area contributed by atoms with E-state index in [1.807, 2.05) is 6.92 Å². The van der Waals surface area contributed by atoms with Gasteiger partial charge in [0.2, 0.25) is 10.0 Å². The molecule has 1 heterocycles. The molecule has 0 atom stereocenters. The standard InChI is InChI=1S/C22H22N4O5S/c1-14-4-5-15(13-19(14)23-22(28)20-3-2-12-31-20)21(27)25-24-16-8-10-18(11-9-16)32(29,30)26-17-6-7-17/h2-5,8-13,17,24,26H,6-7H2,1H3,(H,23,28)(H,25,27). The minimum absolute atomic E-state index is 0.0281. The number of hydrogen-bond donors (Lipinski definition) is 4. The molecule has 2 amide bonds. The lowest BCUT2D eigenvalue weighted by Crippen LogP contribution is -2.29. The summed E-state index contributed by atoms with van der Waals surface area (Å²) in [5.74, 6) is -0.677. The van der Waals surface area contributed by atoms with Gasteiger partial charge in [-0.1, -0.05) is 6.07 Å². The molecule has 0 spiro atoms. The number of carbonyl (C=O) groups excluding carboxylic acids is 2. The summed E-state index contributed by atoms with van der Waals surface area (Å²) < 4.78 is 32.1. The van der Waals surface area contributed by atoms with Crippen LogP contribution in [-0.2, 0) is 10.0 Å². The van der Waals surface area contributed by atoms with Gasteiger partial charge in [-0.05, 0) is 73.9 Å². The van der Waals surface area contributed by atoms with Crippen molar-refractivity contribution in [3.05, 3.63) is 77.7 Å². The third-order valence-corrected chi connectivity index (χ3v) is 6.41. The van der Waals surface area contributed by atoms with E-state index in [0.717, 1.165) is 18.4 Å². The zero-order valence-corrected chi connectivity index (χ0v) is 18.0. The molecule has 32 heavy (non-hydrogen) atoms. The van der Waals surface area contributed by atoms with Gasteiger partial charge in [0.1, 0.15) is 0 Å². The monoisotopic (exact) mass is 454 g/mol. The number of hydrazine groups is 1. The Kier molecular flexibility index (Phi) is 5.97. The lowest BCUT2D eigenvalue weighted by molar-refractivity contribution is 0.0960. The fourth-order valence-corrected chi connectivity index (χ4v) is 4.20. The third-order valence-electron chi connectivity index (χ3n) is 4.88. The van der Waals surface area contributed by atoms with Crippen LogP contribution in [0.4, 0.5) is 11.4 Å². The first-order chi connectivity index (χ1) is 15.3. The number of hydrogen-bond acceptors (Lipinski definition) is 6. The highest BCUT2D eigenvalue weighted by molar-refractivity contribution is 7.89. The molecule has 1 aliphatic rings. The molecule has 4 N–H and O–H groups in total. The molecule has 1 fully saturated rings. The molecule has 4 rings (SSSR count). The summed E-state index contributed by atoms with van der Waals surface area (Å²) in [6, 6.07) is 14.2. The summed E-state index contributed by atoms with van der Waals surface area (Å²) in [6.45, 7) is 1.81. The number of sulfonamides is 1. The molecule has 1 saturated carbocycles. The van der Waals surface area contributed by atoms with Gasteiger partial charge in [0.15, 0.2) is 5.76 Å². The summed E-state index contributed by atoms with van der Waals surface area (Å²) in [4.78, 5) is 24.9. The van der Waals surface area contributed by atoms with Crippen molar-refractivity contribution in [3.8, 4) is 0 Å². The molecular weight excluding hydrogens is 432 g/mol. The second-order valence-corrected chi connectivity index (χ2v) is 9.17. The molecule has 1 aliphatic carbocycles. The second kappa shape index (κ2) is 8.85. The third kappa shape index (κ3) is 5.16.